The molecule has 4 nitrogen and oxygen atoms in total. The van der Waals surface area contributed by atoms with Crippen LogP contribution in [-0.2, 0) is 11.3 Å². The molecule has 0 saturated carbocycles. The minimum Gasteiger partial charge on any atom is -0.336 e. The highest BCUT2D eigenvalue weighted by Gasteiger charge is 2.42. The molecule has 94 valence electrons. The van der Waals surface area contributed by atoms with Crippen LogP contribution in [0, 0.1) is 18.8 Å². The van der Waals surface area contributed by atoms with Crippen molar-refractivity contribution in [2.24, 2.45) is 11.8 Å². The van der Waals surface area contributed by atoms with Crippen molar-refractivity contribution in [1.82, 2.24) is 15.2 Å². The first-order valence-electron chi connectivity index (χ1n) is 5.64. The van der Waals surface area contributed by atoms with Crippen molar-refractivity contribution in [2.45, 2.75) is 13.5 Å². The minimum absolute atomic E-state index is 0. The van der Waals surface area contributed by atoms with Gasteiger partial charge in [-0.15, -0.1) is 23.7 Å². The number of thiazole rings is 1. The monoisotopic (exact) mass is 273 g/mol. The Balaban J connectivity index is 0.00000108. The average molecular weight is 274 g/mol. The van der Waals surface area contributed by atoms with Crippen molar-refractivity contribution in [3.8, 4) is 0 Å². The summed E-state index contributed by atoms with van der Waals surface area (Å²) in [5, 5.41) is 6.41. The van der Waals surface area contributed by atoms with Gasteiger partial charge in [-0.25, -0.2) is 4.98 Å². The van der Waals surface area contributed by atoms with Gasteiger partial charge in [0.2, 0.25) is 5.91 Å². The van der Waals surface area contributed by atoms with Crippen LogP contribution in [0.1, 0.15) is 10.7 Å². The van der Waals surface area contributed by atoms with E-state index < -0.39 is 0 Å². The van der Waals surface area contributed by atoms with E-state index in [4.69, 9.17) is 0 Å². The van der Waals surface area contributed by atoms with Crippen LogP contribution in [-0.4, -0.2) is 35.4 Å². The van der Waals surface area contributed by atoms with Crippen LogP contribution in [0.25, 0.3) is 0 Å². The third kappa shape index (κ3) is 2.32. The van der Waals surface area contributed by atoms with E-state index in [0.717, 1.165) is 30.3 Å². The maximum absolute atomic E-state index is 12.1. The smallest absolute Gasteiger partial charge is 0.227 e. The molecule has 1 aromatic heterocycles. The van der Waals surface area contributed by atoms with E-state index in [1.807, 2.05) is 11.8 Å². The average Bonchev–Trinajstić information content (AvgIpc) is 2.90. The number of rotatable bonds is 2. The van der Waals surface area contributed by atoms with Gasteiger partial charge in [-0.05, 0) is 6.92 Å². The Labute approximate surface area is 111 Å². The third-order valence-corrected chi connectivity index (χ3v) is 4.27. The fourth-order valence-electron chi connectivity index (χ4n) is 2.64. The standard InChI is InChI=1S/C11H15N3OS.ClH/c1-7-13-9(6-16-7)5-14-4-8-2-12-3-10(8)11(14)15;/h6,8,10,12H,2-5H2,1H3;1H/t8-,10-;/m0./s1. The molecule has 2 atom stereocenters. The van der Waals surface area contributed by atoms with Gasteiger partial charge in [-0.1, -0.05) is 0 Å². The molecule has 2 aliphatic rings. The highest BCUT2D eigenvalue weighted by molar-refractivity contribution is 7.09. The van der Waals surface area contributed by atoms with Crippen molar-refractivity contribution < 1.29 is 4.79 Å². The van der Waals surface area contributed by atoms with Gasteiger partial charge in [-0.3, -0.25) is 4.79 Å². The lowest BCUT2D eigenvalue weighted by atomic mass is 10.0. The highest BCUT2D eigenvalue weighted by atomic mass is 35.5. The molecule has 0 radical (unpaired) electrons. The second-order valence-electron chi connectivity index (χ2n) is 4.60. The number of fused-ring (bicyclic) bond motifs is 1. The second-order valence-corrected chi connectivity index (χ2v) is 5.66. The van der Waals surface area contributed by atoms with E-state index in [0.29, 0.717) is 18.4 Å². The predicted molar refractivity (Wildman–Crippen MR) is 69.4 cm³/mol. The van der Waals surface area contributed by atoms with Crippen molar-refractivity contribution in [3.63, 3.8) is 0 Å². The van der Waals surface area contributed by atoms with Gasteiger partial charge in [0, 0.05) is 30.9 Å². The molecule has 17 heavy (non-hydrogen) atoms. The maximum Gasteiger partial charge on any atom is 0.227 e. The zero-order chi connectivity index (χ0) is 11.1. The van der Waals surface area contributed by atoms with E-state index in [2.05, 4.69) is 15.7 Å². The number of nitrogens with zero attached hydrogens (tertiary/aromatic N) is 2. The molecule has 2 aliphatic heterocycles. The fraction of sp³-hybridized carbons (Fsp3) is 0.636. The van der Waals surface area contributed by atoms with Crippen LogP contribution >= 0.6 is 23.7 Å². The molecule has 1 amide bonds. The van der Waals surface area contributed by atoms with Crippen molar-refractivity contribution in [1.29, 1.82) is 0 Å². The van der Waals surface area contributed by atoms with Crippen LogP contribution in [0.5, 0.6) is 0 Å². The quantitative estimate of drug-likeness (QED) is 0.876. The van der Waals surface area contributed by atoms with Crippen molar-refractivity contribution in [2.75, 3.05) is 19.6 Å². The van der Waals surface area contributed by atoms with Crippen molar-refractivity contribution >= 4 is 29.7 Å². The van der Waals surface area contributed by atoms with Gasteiger partial charge in [-0.2, -0.15) is 0 Å². The molecule has 0 aromatic carbocycles. The minimum atomic E-state index is 0. The number of hydrogen-bond acceptors (Lipinski definition) is 4. The second kappa shape index (κ2) is 4.92. The molecule has 3 rings (SSSR count). The van der Waals surface area contributed by atoms with Gasteiger partial charge < -0.3 is 10.2 Å². The van der Waals surface area contributed by atoms with Gasteiger partial charge in [0.1, 0.15) is 0 Å². The number of hydrogen-bond donors (Lipinski definition) is 1. The van der Waals surface area contributed by atoms with Gasteiger partial charge >= 0.3 is 0 Å². The SMILES string of the molecule is Cc1nc(CN2C[C@@H]3CNC[C@@H]3C2=O)cs1.Cl. The number of likely N-dealkylation sites (tertiary alicyclic amines) is 1. The first-order valence-corrected chi connectivity index (χ1v) is 6.52. The lowest BCUT2D eigenvalue weighted by Gasteiger charge is -2.16. The Kier molecular flexibility index (Phi) is 3.70. The number of aromatic nitrogens is 1. The van der Waals surface area contributed by atoms with Crippen LogP contribution < -0.4 is 5.32 Å². The Morgan fingerprint density at radius 3 is 3.06 bits per heavy atom. The largest absolute Gasteiger partial charge is 0.336 e. The maximum atomic E-state index is 12.1. The summed E-state index contributed by atoms with van der Waals surface area (Å²) >= 11 is 1.65. The summed E-state index contributed by atoms with van der Waals surface area (Å²) in [7, 11) is 0. The van der Waals surface area contributed by atoms with E-state index in [-0.39, 0.29) is 18.3 Å². The first kappa shape index (κ1) is 12.8. The molecule has 0 bridgehead atoms. The van der Waals surface area contributed by atoms with E-state index >= 15 is 0 Å². The van der Waals surface area contributed by atoms with Crippen molar-refractivity contribution in [3.05, 3.63) is 16.1 Å². The van der Waals surface area contributed by atoms with Crippen LogP contribution in [0.2, 0.25) is 0 Å². The molecule has 6 heteroatoms. The summed E-state index contributed by atoms with van der Waals surface area (Å²) in [6.07, 6.45) is 0. The number of nitrogens with one attached hydrogen (secondary N) is 1. The zero-order valence-corrected chi connectivity index (χ0v) is 11.3. The molecule has 1 N–H and O–H groups in total. The summed E-state index contributed by atoms with van der Waals surface area (Å²) in [6.45, 7) is 5.43. The molecule has 0 aliphatic carbocycles. The molecule has 3 heterocycles. The topological polar surface area (TPSA) is 45.2 Å². The van der Waals surface area contributed by atoms with Gasteiger partial charge in [0.15, 0.2) is 0 Å². The van der Waals surface area contributed by atoms with E-state index in [9.17, 15) is 4.79 Å². The summed E-state index contributed by atoms with van der Waals surface area (Å²) in [6, 6.07) is 0. The molecule has 2 saturated heterocycles. The van der Waals surface area contributed by atoms with Crippen LogP contribution in [0.4, 0.5) is 0 Å². The van der Waals surface area contributed by atoms with Gasteiger partial charge in [0.05, 0.1) is 23.2 Å². The molecule has 1 aromatic rings. The number of carbonyl (C=O) groups excluding carboxylic acids is 1. The van der Waals surface area contributed by atoms with Crippen LogP contribution in [0.3, 0.4) is 0 Å². The molecule has 0 spiro atoms. The molecular formula is C11H16ClN3OS. The Morgan fingerprint density at radius 1 is 1.59 bits per heavy atom. The van der Waals surface area contributed by atoms with E-state index in [1.54, 1.807) is 11.3 Å². The Bertz CT molecular complexity index is 423. The molecule has 2 fully saturated rings. The fourth-order valence-corrected chi connectivity index (χ4v) is 3.24. The lowest BCUT2D eigenvalue weighted by molar-refractivity contribution is -0.131. The summed E-state index contributed by atoms with van der Waals surface area (Å²) in [4.78, 5) is 18.4. The molecule has 0 unspecified atom stereocenters. The third-order valence-electron chi connectivity index (χ3n) is 3.44. The summed E-state index contributed by atoms with van der Waals surface area (Å²) < 4.78 is 0. The first-order chi connectivity index (χ1) is 7.74. The zero-order valence-electron chi connectivity index (χ0n) is 9.68. The summed E-state index contributed by atoms with van der Waals surface area (Å²) in [5.74, 6) is 1.05. The molecular weight excluding hydrogens is 258 g/mol. The number of carbonyl (C=O) groups is 1. The number of halogens is 1. The van der Waals surface area contributed by atoms with E-state index in [1.165, 1.54) is 0 Å². The highest BCUT2D eigenvalue weighted by Crippen LogP contribution is 2.28. The Morgan fingerprint density at radius 2 is 2.41 bits per heavy atom. The predicted octanol–water partition coefficient (Wildman–Crippen LogP) is 1.05. The van der Waals surface area contributed by atoms with Gasteiger partial charge in [0.25, 0.3) is 0 Å². The lowest BCUT2D eigenvalue weighted by Crippen LogP contribution is -2.30. The normalized spacial score (nSPS) is 27.1. The Hall–Kier alpha value is -0.650. The number of amides is 1. The van der Waals surface area contributed by atoms with Crippen LogP contribution in [0.15, 0.2) is 5.38 Å². The summed E-state index contributed by atoms with van der Waals surface area (Å²) in [5.41, 5.74) is 1.03. The number of aryl methyl sites for hydroxylation is 1.